The Labute approximate surface area is 127 Å². The molecule has 1 rings (SSSR count). The molecule has 0 saturated carbocycles. The molecule has 1 atom stereocenters. The van der Waals surface area contributed by atoms with E-state index in [-0.39, 0.29) is 17.4 Å². The van der Waals surface area contributed by atoms with Crippen LogP contribution in [0.3, 0.4) is 0 Å². The van der Waals surface area contributed by atoms with Gasteiger partial charge < -0.3 is 14.8 Å². The lowest BCUT2D eigenvalue weighted by atomic mass is 10.2. The number of methoxy groups -OCH3 is 2. The van der Waals surface area contributed by atoms with Gasteiger partial charge >= 0.3 is 11.9 Å². The van der Waals surface area contributed by atoms with Gasteiger partial charge in [-0.3, -0.25) is 9.59 Å². The second-order valence-corrected chi connectivity index (χ2v) is 5.04. The van der Waals surface area contributed by atoms with Crippen molar-refractivity contribution in [3.63, 3.8) is 0 Å². The van der Waals surface area contributed by atoms with E-state index in [4.69, 9.17) is 0 Å². The fraction of sp³-hybridized carbons (Fsp3) is 0.357. The van der Waals surface area contributed by atoms with E-state index in [1.807, 2.05) is 0 Å². The Bertz CT molecular complexity index is 491. The standard InChI is InChI=1S/C14H17NO5S/c1-19-12(16)9-21-8-11(14(18)20-2)15-13(17)10-6-4-3-5-7-10/h3-7,11H,8-9H2,1-2H3,(H,15,17)/t11-/m0/s1. The zero-order valence-corrected chi connectivity index (χ0v) is 12.6. The van der Waals surface area contributed by atoms with Crippen molar-refractivity contribution in [2.75, 3.05) is 25.7 Å². The van der Waals surface area contributed by atoms with Gasteiger partial charge in [-0.15, -0.1) is 11.8 Å². The normalized spacial score (nSPS) is 11.3. The lowest BCUT2D eigenvalue weighted by molar-refractivity contribution is -0.142. The Morgan fingerprint density at radius 1 is 1.14 bits per heavy atom. The lowest BCUT2D eigenvalue weighted by Crippen LogP contribution is -2.43. The van der Waals surface area contributed by atoms with Crippen molar-refractivity contribution in [3.05, 3.63) is 35.9 Å². The molecule has 0 radical (unpaired) electrons. The minimum Gasteiger partial charge on any atom is -0.468 e. The maximum absolute atomic E-state index is 12.0. The average molecular weight is 311 g/mol. The molecule has 0 fully saturated rings. The Balaban J connectivity index is 2.60. The smallest absolute Gasteiger partial charge is 0.329 e. The van der Waals surface area contributed by atoms with E-state index in [2.05, 4.69) is 14.8 Å². The molecule has 1 N–H and O–H groups in total. The van der Waals surface area contributed by atoms with Crippen molar-refractivity contribution in [2.24, 2.45) is 0 Å². The molecule has 6 nitrogen and oxygen atoms in total. The zero-order valence-electron chi connectivity index (χ0n) is 11.8. The van der Waals surface area contributed by atoms with Crippen LogP contribution in [0.2, 0.25) is 0 Å². The van der Waals surface area contributed by atoms with Crippen LogP contribution in [0.25, 0.3) is 0 Å². The number of carbonyl (C=O) groups excluding carboxylic acids is 3. The molecule has 0 aromatic heterocycles. The van der Waals surface area contributed by atoms with Crippen LogP contribution in [0.1, 0.15) is 10.4 Å². The molecule has 0 aliphatic heterocycles. The van der Waals surface area contributed by atoms with Gasteiger partial charge in [0, 0.05) is 11.3 Å². The molecule has 21 heavy (non-hydrogen) atoms. The van der Waals surface area contributed by atoms with Gasteiger partial charge in [0.05, 0.1) is 20.0 Å². The van der Waals surface area contributed by atoms with Crippen LogP contribution in [-0.2, 0) is 19.1 Å². The molecular formula is C14H17NO5S. The highest BCUT2D eigenvalue weighted by Gasteiger charge is 2.22. The first-order chi connectivity index (χ1) is 10.1. The van der Waals surface area contributed by atoms with Gasteiger partial charge in [0.1, 0.15) is 6.04 Å². The largest absolute Gasteiger partial charge is 0.468 e. The van der Waals surface area contributed by atoms with E-state index in [1.165, 1.54) is 26.0 Å². The third-order valence-corrected chi connectivity index (χ3v) is 3.57. The first-order valence-corrected chi connectivity index (χ1v) is 7.32. The number of carbonyl (C=O) groups is 3. The quantitative estimate of drug-likeness (QED) is 0.752. The average Bonchev–Trinajstić information content (AvgIpc) is 2.53. The molecule has 1 aromatic carbocycles. The minimum atomic E-state index is -0.822. The van der Waals surface area contributed by atoms with Gasteiger partial charge in [0.2, 0.25) is 0 Å². The predicted molar refractivity (Wildman–Crippen MR) is 79.1 cm³/mol. The molecule has 0 aliphatic rings. The van der Waals surface area contributed by atoms with Crippen molar-refractivity contribution in [1.82, 2.24) is 5.32 Å². The summed E-state index contributed by atoms with van der Waals surface area (Å²) in [6.45, 7) is 0. The molecule has 0 heterocycles. The third-order valence-electron chi connectivity index (χ3n) is 2.56. The number of amides is 1. The van der Waals surface area contributed by atoms with E-state index in [0.717, 1.165) is 0 Å². The lowest BCUT2D eigenvalue weighted by Gasteiger charge is -2.16. The van der Waals surface area contributed by atoms with Gasteiger partial charge in [-0.25, -0.2) is 4.79 Å². The maximum Gasteiger partial charge on any atom is 0.329 e. The van der Waals surface area contributed by atoms with Crippen LogP contribution in [0, 0.1) is 0 Å². The Morgan fingerprint density at radius 3 is 2.38 bits per heavy atom. The van der Waals surface area contributed by atoms with E-state index in [9.17, 15) is 14.4 Å². The topological polar surface area (TPSA) is 81.7 Å². The number of hydrogen-bond donors (Lipinski definition) is 1. The van der Waals surface area contributed by atoms with E-state index >= 15 is 0 Å². The molecule has 114 valence electrons. The minimum absolute atomic E-state index is 0.102. The molecule has 1 amide bonds. The van der Waals surface area contributed by atoms with Crippen molar-refractivity contribution < 1.29 is 23.9 Å². The molecule has 0 spiro atoms. The van der Waals surface area contributed by atoms with Crippen LogP contribution >= 0.6 is 11.8 Å². The summed E-state index contributed by atoms with van der Waals surface area (Å²) in [5.74, 6) is -0.995. The van der Waals surface area contributed by atoms with Gasteiger partial charge in [-0.1, -0.05) is 18.2 Å². The highest BCUT2D eigenvalue weighted by Crippen LogP contribution is 2.07. The molecule has 1 aromatic rings. The highest BCUT2D eigenvalue weighted by atomic mass is 32.2. The number of rotatable bonds is 7. The van der Waals surface area contributed by atoms with Crippen molar-refractivity contribution >= 4 is 29.6 Å². The number of esters is 2. The summed E-state index contributed by atoms with van der Waals surface area (Å²) < 4.78 is 9.16. The predicted octanol–water partition coefficient (Wildman–Crippen LogP) is 0.864. The molecule has 0 unspecified atom stereocenters. The number of ether oxygens (including phenoxy) is 2. The van der Waals surface area contributed by atoms with Crippen molar-refractivity contribution in [1.29, 1.82) is 0 Å². The summed E-state index contributed by atoms with van der Waals surface area (Å²) in [7, 11) is 2.53. The van der Waals surface area contributed by atoms with Crippen LogP contribution in [0.5, 0.6) is 0 Å². The van der Waals surface area contributed by atoms with Gasteiger partial charge in [0.15, 0.2) is 0 Å². The van der Waals surface area contributed by atoms with E-state index in [1.54, 1.807) is 30.3 Å². The fourth-order valence-electron chi connectivity index (χ4n) is 1.46. The highest BCUT2D eigenvalue weighted by molar-refractivity contribution is 8.00. The maximum atomic E-state index is 12.0. The number of hydrogen-bond acceptors (Lipinski definition) is 6. The summed E-state index contributed by atoms with van der Waals surface area (Å²) in [4.78, 5) is 34.7. The summed E-state index contributed by atoms with van der Waals surface area (Å²) in [5, 5.41) is 2.59. The van der Waals surface area contributed by atoms with Crippen molar-refractivity contribution in [3.8, 4) is 0 Å². The monoisotopic (exact) mass is 311 g/mol. The fourth-order valence-corrected chi connectivity index (χ4v) is 2.32. The second kappa shape index (κ2) is 9.02. The number of benzene rings is 1. The summed E-state index contributed by atoms with van der Waals surface area (Å²) >= 11 is 1.18. The number of nitrogens with one attached hydrogen (secondary N) is 1. The summed E-state index contributed by atoms with van der Waals surface area (Å²) in [6.07, 6.45) is 0. The first-order valence-electron chi connectivity index (χ1n) is 6.16. The van der Waals surface area contributed by atoms with Crippen LogP contribution in [0.4, 0.5) is 0 Å². The molecule has 0 bridgehead atoms. The van der Waals surface area contributed by atoms with Crippen LogP contribution in [0.15, 0.2) is 30.3 Å². The Hall–Kier alpha value is -2.02. The van der Waals surface area contributed by atoms with Gasteiger partial charge in [-0.05, 0) is 12.1 Å². The SMILES string of the molecule is COC(=O)CSC[C@H](NC(=O)c1ccccc1)C(=O)OC. The van der Waals surface area contributed by atoms with Crippen LogP contribution in [-0.4, -0.2) is 49.6 Å². The molecule has 7 heteroatoms. The number of thioether (sulfide) groups is 1. The Kier molecular flexibility index (Phi) is 7.31. The second-order valence-electron chi connectivity index (χ2n) is 4.01. The first kappa shape index (κ1) is 17.0. The van der Waals surface area contributed by atoms with Gasteiger partial charge in [0.25, 0.3) is 5.91 Å². The molecule has 0 aliphatic carbocycles. The molecular weight excluding hydrogens is 294 g/mol. The third kappa shape index (κ3) is 5.86. The van der Waals surface area contributed by atoms with E-state index in [0.29, 0.717) is 5.56 Å². The molecule has 0 saturated heterocycles. The summed E-state index contributed by atoms with van der Waals surface area (Å²) in [6, 6.07) is 7.72. The van der Waals surface area contributed by atoms with E-state index < -0.39 is 18.0 Å². The summed E-state index contributed by atoms with van der Waals surface area (Å²) in [5.41, 5.74) is 0.448. The zero-order chi connectivity index (χ0) is 15.7. The Morgan fingerprint density at radius 2 is 1.81 bits per heavy atom. The van der Waals surface area contributed by atoms with Crippen molar-refractivity contribution in [2.45, 2.75) is 6.04 Å². The van der Waals surface area contributed by atoms with Crippen LogP contribution < -0.4 is 5.32 Å². The van der Waals surface area contributed by atoms with Gasteiger partial charge in [-0.2, -0.15) is 0 Å².